The maximum absolute atomic E-state index is 13.5. The Morgan fingerprint density at radius 3 is 2.61 bits per heavy atom. The monoisotopic (exact) mass is 317 g/mol. The lowest BCUT2D eigenvalue weighted by Crippen LogP contribution is -2.14. The molecule has 0 aromatic heterocycles. The molecule has 1 N–H and O–H groups in total. The molecule has 2 aromatic carbocycles. The Kier molecular flexibility index (Phi) is 5.68. The van der Waals surface area contributed by atoms with Crippen molar-refractivity contribution < 1.29 is 23.5 Å². The molecule has 120 valence electrons. The number of nitrogens with one attached hydrogen (secondary N) is 1. The van der Waals surface area contributed by atoms with E-state index in [1.54, 1.807) is 43.3 Å². The second-order valence-electron chi connectivity index (χ2n) is 4.59. The van der Waals surface area contributed by atoms with Crippen molar-refractivity contribution in [3.05, 3.63) is 65.5 Å². The number of anilines is 1. The van der Waals surface area contributed by atoms with E-state index < -0.39 is 17.9 Å². The van der Waals surface area contributed by atoms with Crippen molar-refractivity contribution in [1.29, 1.82) is 0 Å². The van der Waals surface area contributed by atoms with Gasteiger partial charge in [-0.15, -0.1) is 0 Å². The molecule has 1 amide bonds. The zero-order chi connectivity index (χ0) is 16.7. The van der Waals surface area contributed by atoms with E-state index >= 15 is 0 Å². The van der Waals surface area contributed by atoms with Gasteiger partial charge in [-0.1, -0.05) is 24.3 Å². The molecule has 2 rings (SSSR count). The average Bonchev–Trinajstić information content (AvgIpc) is 2.54. The maximum Gasteiger partial charge on any atom is 0.411 e. The molecule has 0 aliphatic rings. The number of amides is 1. The summed E-state index contributed by atoms with van der Waals surface area (Å²) < 4.78 is 23.3. The second kappa shape index (κ2) is 7.93. The summed E-state index contributed by atoms with van der Waals surface area (Å²) in [5.41, 5.74) is 0.945. The number of hydrogen-bond acceptors (Lipinski definition) is 4. The van der Waals surface area contributed by atoms with Gasteiger partial charge in [0.15, 0.2) is 0 Å². The largest absolute Gasteiger partial charge is 0.457 e. The average molecular weight is 317 g/mol. The van der Waals surface area contributed by atoms with Gasteiger partial charge >= 0.3 is 12.1 Å². The summed E-state index contributed by atoms with van der Waals surface area (Å²) in [6, 6.07) is 12.3. The third kappa shape index (κ3) is 4.81. The fraction of sp³-hybridized carbons (Fsp3) is 0.176. The summed E-state index contributed by atoms with van der Waals surface area (Å²) in [7, 11) is 0. The fourth-order valence-corrected chi connectivity index (χ4v) is 1.85. The highest BCUT2D eigenvalue weighted by molar-refractivity contribution is 5.92. The third-order valence-corrected chi connectivity index (χ3v) is 2.94. The van der Waals surface area contributed by atoms with E-state index in [0.29, 0.717) is 11.3 Å². The minimum atomic E-state index is -0.610. The van der Waals surface area contributed by atoms with E-state index in [9.17, 15) is 14.0 Å². The van der Waals surface area contributed by atoms with Crippen molar-refractivity contribution in [3.63, 3.8) is 0 Å². The first-order chi connectivity index (χ1) is 11.1. The van der Waals surface area contributed by atoms with Gasteiger partial charge in [0.2, 0.25) is 0 Å². The molecule has 23 heavy (non-hydrogen) atoms. The normalized spacial score (nSPS) is 10.0. The Bertz CT molecular complexity index is 702. The van der Waals surface area contributed by atoms with E-state index in [2.05, 4.69) is 5.32 Å². The number of carbonyl (C=O) groups excluding carboxylic acids is 2. The molecule has 0 radical (unpaired) electrons. The van der Waals surface area contributed by atoms with Crippen LogP contribution in [-0.2, 0) is 16.1 Å². The van der Waals surface area contributed by atoms with E-state index in [4.69, 9.17) is 9.47 Å². The predicted molar refractivity (Wildman–Crippen MR) is 82.6 cm³/mol. The number of hydrogen-bond donors (Lipinski definition) is 1. The third-order valence-electron chi connectivity index (χ3n) is 2.94. The van der Waals surface area contributed by atoms with Gasteiger partial charge in [-0.3, -0.25) is 5.32 Å². The smallest absolute Gasteiger partial charge is 0.411 e. The van der Waals surface area contributed by atoms with Crippen molar-refractivity contribution in [1.82, 2.24) is 0 Å². The van der Waals surface area contributed by atoms with Gasteiger partial charge < -0.3 is 9.47 Å². The molecule has 6 heteroatoms. The van der Waals surface area contributed by atoms with Crippen molar-refractivity contribution in [2.75, 3.05) is 11.9 Å². The molecule has 0 fully saturated rings. The van der Waals surface area contributed by atoms with Crippen LogP contribution in [0.2, 0.25) is 0 Å². The van der Waals surface area contributed by atoms with Gasteiger partial charge in [0.1, 0.15) is 12.4 Å². The van der Waals surface area contributed by atoms with Gasteiger partial charge in [-0.05, 0) is 31.2 Å². The Labute approximate surface area is 133 Å². The number of esters is 1. The summed E-state index contributed by atoms with van der Waals surface area (Å²) in [4.78, 5) is 23.4. The molecule has 0 saturated carbocycles. The van der Waals surface area contributed by atoms with Gasteiger partial charge in [0, 0.05) is 11.3 Å². The Morgan fingerprint density at radius 1 is 1.09 bits per heavy atom. The van der Waals surface area contributed by atoms with Crippen LogP contribution in [-0.4, -0.2) is 18.7 Å². The van der Waals surface area contributed by atoms with Crippen LogP contribution < -0.4 is 5.32 Å². The molecular formula is C17H16FNO4. The SMILES string of the molecule is CCOC(=O)Nc1cccc(C(=O)OCc2ccccc2F)c1. The first-order valence-corrected chi connectivity index (χ1v) is 7.04. The standard InChI is InChI=1S/C17H16FNO4/c1-2-22-17(21)19-14-8-5-7-12(10-14)16(20)23-11-13-6-3-4-9-15(13)18/h3-10H,2,11H2,1H3,(H,19,21). The van der Waals surface area contributed by atoms with Crippen molar-refractivity contribution >= 4 is 17.7 Å². The number of benzene rings is 2. The van der Waals surface area contributed by atoms with Gasteiger partial charge in [0.25, 0.3) is 0 Å². The van der Waals surface area contributed by atoms with Gasteiger partial charge in [-0.2, -0.15) is 0 Å². The number of rotatable bonds is 5. The Balaban J connectivity index is 1.99. The number of carbonyl (C=O) groups is 2. The lowest BCUT2D eigenvalue weighted by molar-refractivity contribution is 0.0469. The minimum Gasteiger partial charge on any atom is -0.457 e. The zero-order valence-electron chi connectivity index (χ0n) is 12.5. The van der Waals surface area contributed by atoms with Crippen LogP contribution >= 0.6 is 0 Å². The van der Waals surface area contributed by atoms with E-state index in [1.165, 1.54) is 12.1 Å². The summed E-state index contributed by atoms with van der Waals surface area (Å²) in [5, 5.41) is 2.49. The number of ether oxygens (including phenoxy) is 2. The Hall–Kier alpha value is -2.89. The fourth-order valence-electron chi connectivity index (χ4n) is 1.85. The molecule has 0 aliphatic heterocycles. The maximum atomic E-state index is 13.5. The van der Waals surface area contributed by atoms with Crippen molar-refractivity contribution in [2.45, 2.75) is 13.5 Å². The molecule has 0 aliphatic carbocycles. The molecule has 2 aromatic rings. The van der Waals surface area contributed by atoms with Crippen LogP contribution in [0.3, 0.4) is 0 Å². The summed E-state index contributed by atoms with van der Waals surface area (Å²) in [5.74, 6) is -1.04. The van der Waals surface area contributed by atoms with Crippen LogP contribution in [0.1, 0.15) is 22.8 Å². The second-order valence-corrected chi connectivity index (χ2v) is 4.59. The molecule has 0 spiro atoms. The molecule has 0 atom stereocenters. The first-order valence-electron chi connectivity index (χ1n) is 7.04. The summed E-state index contributed by atoms with van der Waals surface area (Å²) >= 11 is 0. The number of halogens is 1. The lowest BCUT2D eigenvalue weighted by Gasteiger charge is -2.08. The highest BCUT2D eigenvalue weighted by atomic mass is 19.1. The van der Waals surface area contributed by atoms with Gasteiger partial charge in [0.05, 0.1) is 12.2 Å². The minimum absolute atomic E-state index is 0.166. The zero-order valence-corrected chi connectivity index (χ0v) is 12.5. The summed E-state index contributed by atoms with van der Waals surface area (Å²) in [6.07, 6.45) is -0.607. The van der Waals surface area contributed by atoms with Crippen LogP contribution in [0, 0.1) is 5.82 Å². The van der Waals surface area contributed by atoms with E-state index in [-0.39, 0.29) is 18.8 Å². The highest BCUT2D eigenvalue weighted by Crippen LogP contribution is 2.14. The van der Waals surface area contributed by atoms with Crippen LogP contribution in [0.4, 0.5) is 14.9 Å². The first kappa shape index (κ1) is 16.5. The predicted octanol–water partition coefficient (Wildman–Crippen LogP) is 3.75. The molecule has 5 nitrogen and oxygen atoms in total. The highest BCUT2D eigenvalue weighted by Gasteiger charge is 2.11. The Morgan fingerprint density at radius 2 is 1.87 bits per heavy atom. The molecule has 0 saturated heterocycles. The van der Waals surface area contributed by atoms with Crippen LogP contribution in [0.25, 0.3) is 0 Å². The topological polar surface area (TPSA) is 64.6 Å². The molecule has 0 unspecified atom stereocenters. The van der Waals surface area contributed by atoms with Crippen molar-refractivity contribution in [3.8, 4) is 0 Å². The van der Waals surface area contributed by atoms with Crippen LogP contribution in [0.15, 0.2) is 48.5 Å². The van der Waals surface area contributed by atoms with Gasteiger partial charge in [-0.25, -0.2) is 14.0 Å². The summed E-state index contributed by atoms with van der Waals surface area (Å²) in [6.45, 7) is 1.77. The van der Waals surface area contributed by atoms with Crippen molar-refractivity contribution in [2.24, 2.45) is 0 Å². The quantitative estimate of drug-likeness (QED) is 0.853. The lowest BCUT2D eigenvalue weighted by atomic mass is 10.2. The van der Waals surface area contributed by atoms with Crippen LogP contribution in [0.5, 0.6) is 0 Å². The van der Waals surface area contributed by atoms with E-state index in [1.807, 2.05) is 0 Å². The van der Waals surface area contributed by atoms with E-state index in [0.717, 1.165) is 0 Å². The molecule has 0 heterocycles. The molecule has 0 bridgehead atoms. The molecular weight excluding hydrogens is 301 g/mol.